The number of ether oxygens (including phenoxy) is 3. The number of nitrogens with zero attached hydrogens (tertiary/aromatic N) is 1. The minimum atomic E-state index is -0.573. The monoisotopic (exact) mass is 399 g/mol. The highest BCUT2D eigenvalue weighted by Gasteiger charge is 2.34. The van der Waals surface area contributed by atoms with Gasteiger partial charge in [-0.1, -0.05) is 6.07 Å². The Morgan fingerprint density at radius 1 is 0.966 bits per heavy atom. The topological polar surface area (TPSA) is 89.1 Å². The molecule has 1 fully saturated rings. The molecule has 1 aliphatic heterocycles. The molecule has 8 nitrogen and oxygen atoms in total. The molecule has 3 rings (SSSR count). The van der Waals surface area contributed by atoms with E-state index in [1.807, 2.05) is 0 Å². The summed E-state index contributed by atoms with van der Waals surface area (Å²) >= 11 is 0. The van der Waals surface area contributed by atoms with E-state index < -0.39 is 6.04 Å². The van der Waals surface area contributed by atoms with Gasteiger partial charge in [0.1, 0.15) is 23.3 Å². The largest absolute Gasteiger partial charge is 0.497 e. The van der Waals surface area contributed by atoms with Gasteiger partial charge >= 0.3 is 6.03 Å². The van der Waals surface area contributed by atoms with Crippen LogP contribution in [0.15, 0.2) is 42.5 Å². The van der Waals surface area contributed by atoms with Crippen LogP contribution in [0, 0.1) is 0 Å². The molecule has 154 valence electrons. The van der Waals surface area contributed by atoms with Gasteiger partial charge in [-0.05, 0) is 37.1 Å². The number of likely N-dealkylation sites (tertiary alicyclic amines) is 1. The number of hydrogen-bond donors (Lipinski definition) is 2. The Morgan fingerprint density at radius 2 is 1.72 bits per heavy atom. The Bertz CT molecular complexity index is 886. The average Bonchev–Trinajstić information content (AvgIpc) is 3.24. The van der Waals surface area contributed by atoms with Gasteiger partial charge in [-0.25, -0.2) is 4.79 Å². The molecule has 2 N–H and O–H groups in total. The second-order valence-corrected chi connectivity index (χ2v) is 6.57. The minimum Gasteiger partial charge on any atom is -0.497 e. The Labute approximate surface area is 169 Å². The second kappa shape index (κ2) is 9.18. The third-order valence-corrected chi connectivity index (χ3v) is 4.80. The van der Waals surface area contributed by atoms with Crippen LogP contribution >= 0.6 is 0 Å². The average molecular weight is 399 g/mol. The molecule has 1 unspecified atom stereocenters. The third kappa shape index (κ3) is 4.71. The molecule has 1 aliphatic rings. The summed E-state index contributed by atoms with van der Waals surface area (Å²) in [4.78, 5) is 27.2. The molecule has 0 aliphatic carbocycles. The van der Waals surface area contributed by atoms with Crippen LogP contribution in [0.25, 0.3) is 0 Å². The molecule has 1 heterocycles. The molecule has 29 heavy (non-hydrogen) atoms. The Balaban J connectivity index is 1.71. The van der Waals surface area contributed by atoms with Gasteiger partial charge in [-0.3, -0.25) is 4.79 Å². The van der Waals surface area contributed by atoms with Crippen molar-refractivity contribution in [1.82, 2.24) is 4.90 Å². The number of benzene rings is 2. The molecule has 0 bridgehead atoms. The van der Waals surface area contributed by atoms with E-state index >= 15 is 0 Å². The van der Waals surface area contributed by atoms with Crippen molar-refractivity contribution < 1.29 is 23.8 Å². The normalized spacial score (nSPS) is 15.6. The summed E-state index contributed by atoms with van der Waals surface area (Å²) in [5.41, 5.74) is 1.10. The summed E-state index contributed by atoms with van der Waals surface area (Å²) < 4.78 is 15.7. The Hall–Kier alpha value is -3.42. The first kappa shape index (κ1) is 20.3. The highest BCUT2D eigenvalue weighted by Crippen LogP contribution is 2.30. The number of carbonyl (C=O) groups excluding carboxylic acids is 2. The molecule has 1 atom stereocenters. The van der Waals surface area contributed by atoms with Crippen LogP contribution in [-0.2, 0) is 4.79 Å². The lowest BCUT2D eigenvalue weighted by Crippen LogP contribution is -2.45. The zero-order valence-electron chi connectivity index (χ0n) is 16.7. The summed E-state index contributed by atoms with van der Waals surface area (Å²) in [5, 5.41) is 5.69. The van der Waals surface area contributed by atoms with E-state index in [9.17, 15) is 9.59 Å². The van der Waals surface area contributed by atoms with Gasteiger partial charge < -0.3 is 29.7 Å². The van der Waals surface area contributed by atoms with E-state index in [-0.39, 0.29) is 11.9 Å². The van der Waals surface area contributed by atoms with Crippen LogP contribution in [0.5, 0.6) is 17.2 Å². The molecule has 0 saturated carbocycles. The summed E-state index contributed by atoms with van der Waals surface area (Å²) in [6.45, 7) is 0.503. The van der Waals surface area contributed by atoms with Gasteiger partial charge in [0, 0.05) is 24.4 Å². The van der Waals surface area contributed by atoms with Crippen LogP contribution in [0.3, 0.4) is 0 Å². The molecule has 2 aromatic carbocycles. The van der Waals surface area contributed by atoms with Crippen molar-refractivity contribution in [3.63, 3.8) is 0 Å². The molecule has 0 radical (unpaired) electrons. The predicted molar refractivity (Wildman–Crippen MR) is 110 cm³/mol. The van der Waals surface area contributed by atoms with Gasteiger partial charge in [-0.2, -0.15) is 0 Å². The van der Waals surface area contributed by atoms with E-state index in [0.717, 1.165) is 6.42 Å². The number of urea groups is 1. The van der Waals surface area contributed by atoms with E-state index in [1.165, 1.54) is 7.11 Å². The van der Waals surface area contributed by atoms with E-state index in [4.69, 9.17) is 14.2 Å². The van der Waals surface area contributed by atoms with Crippen molar-refractivity contribution in [3.05, 3.63) is 42.5 Å². The first-order chi connectivity index (χ1) is 14.0. The number of methoxy groups -OCH3 is 3. The quantitative estimate of drug-likeness (QED) is 0.778. The molecule has 1 saturated heterocycles. The van der Waals surface area contributed by atoms with Gasteiger partial charge in [0.05, 0.1) is 27.0 Å². The van der Waals surface area contributed by atoms with Crippen molar-refractivity contribution in [1.29, 1.82) is 0 Å². The number of anilines is 2. The van der Waals surface area contributed by atoms with Crippen LogP contribution in [0.2, 0.25) is 0 Å². The molecule has 8 heteroatoms. The van der Waals surface area contributed by atoms with Gasteiger partial charge in [0.15, 0.2) is 0 Å². The fourth-order valence-electron chi connectivity index (χ4n) is 3.31. The minimum absolute atomic E-state index is 0.269. The molecular weight excluding hydrogens is 374 g/mol. The van der Waals surface area contributed by atoms with Crippen molar-refractivity contribution in [2.45, 2.75) is 18.9 Å². The van der Waals surface area contributed by atoms with Gasteiger partial charge in [0.25, 0.3) is 0 Å². The van der Waals surface area contributed by atoms with Crippen molar-refractivity contribution in [3.8, 4) is 17.2 Å². The maximum atomic E-state index is 12.9. The SMILES string of the molecule is COc1cccc(NC(=O)N2CCCC2C(=O)Nc2cc(OC)ccc2OC)c1. The third-order valence-electron chi connectivity index (χ3n) is 4.80. The second-order valence-electron chi connectivity index (χ2n) is 6.57. The molecule has 2 aromatic rings. The number of carbonyl (C=O) groups is 2. The lowest BCUT2D eigenvalue weighted by atomic mass is 10.2. The number of hydrogen-bond acceptors (Lipinski definition) is 5. The van der Waals surface area contributed by atoms with Crippen molar-refractivity contribution >= 4 is 23.3 Å². The number of rotatable bonds is 6. The summed E-state index contributed by atoms with van der Waals surface area (Å²) in [6, 6.07) is 11.3. The zero-order valence-corrected chi connectivity index (χ0v) is 16.7. The highest BCUT2D eigenvalue weighted by atomic mass is 16.5. The summed E-state index contributed by atoms with van der Waals surface area (Å²) in [6.07, 6.45) is 1.34. The first-order valence-electron chi connectivity index (χ1n) is 9.30. The summed E-state index contributed by atoms with van der Waals surface area (Å²) in [5.74, 6) is 1.49. The Kier molecular flexibility index (Phi) is 6.43. The van der Waals surface area contributed by atoms with E-state index in [2.05, 4.69) is 10.6 Å². The molecule has 0 aromatic heterocycles. The van der Waals surface area contributed by atoms with Crippen LogP contribution in [0.1, 0.15) is 12.8 Å². The predicted octanol–water partition coefficient (Wildman–Crippen LogP) is 3.35. The molecule has 0 spiro atoms. The van der Waals surface area contributed by atoms with Crippen molar-refractivity contribution in [2.75, 3.05) is 38.5 Å². The highest BCUT2D eigenvalue weighted by molar-refractivity contribution is 6.00. The van der Waals surface area contributed by atoms with Gasteiger partial charge in [-0.15, -0.1) is 0 Å². The number of amides is 3. The van der Waals surface area contributed by atoms with Crippen LogP contribution in [0.4, 0.5) is 16.2 Å². The number of nitrogens with one attached hydrogen (secondary N) is 2. The van der Waals surface area contributed by atoms with Crippen LogP contribution < -0.4 is 24.8 Å². The summed E-state index contributed by atoms with van der Waals surface area (Å²) in [7, 11) is 4.64. The van der Waals surface area contributed by atoms with E-state index in [0.29, 0.717) is 41.6 Å². The lowest BCUT2D eigenvalue weighted by molar-refractivity contribution is -0.119. The van der Waals surface area contributed by atoms with Crippen molar-refractivity contribution in [2.24, 2.45) is 0 Å². The molecular formula is C21H25N3O5. The fraction of sp³-hybridized carbons (Fsp3) is 0.333. The standard InChI is InChI=1S/C21H25N3O5/c1-27-15-7-4-6-14(12-15)22-21(26)24-11-5-8-18(24)20(25)23-17-13-16(28-2)9-10-19(17)29-3/h4,6-7,9-10,12-13,18H,5,8,11H2,1-3H3,(H,22,26)(H,23,25). The lowest BCUT2D eigenvalue weighted by Gasteiger charge is -2.24. The smallest absolute Gasteiger partial charge is 0.322 e. The fourth-order valence-corrected chi connectivity index (χ4v) is 3.31. The van der Waals surface area contributed by atoms with Gasteiger partial charge in [0.2, 0.25) is 5.91 Å². The Morgan fingerprint density at radius 3 is 2.45 bits per heavy atom. The van der Waals surface area contributed by atoms with Crippen LogP contribution in [-0.4, -0.2) is 50.8 Å². The molecule has 3 amide bonds. The maximum Gasteiger partial charge on any atom is 0.322 e. The zero-order chi connectivity index (χ0) is 20.8. The van der Waals surface area contributed by atoms with E-state index in [1.54, 1.807) is 61.6 Å². The maximum absolute atomic E-state index is 12.9. The first-order valence-corrected chi connectivity index (χ1v) is 9.30.